The van der Waals surface area contributed by atoms with E-state index in [2.05, 4.69) is 19.9 Å². The van der Waals surface area contributed by atoms with Crippen LogP contribution < -0.4 is 4.90 Å². The third kappa shape index (κ3) is 4.06. The molecule has 128 valence electrons. The molecular formula is C15H20N6O3. The summed E-state index contributed by atoms with van der Waals surface area (Å²) < 4.78 is 1.73. The van der Waals surface area contributed by atoms with Gasteiger partial charge in [-0.25, -0.2) is 0 Å². The Morgan fingerprint density at radius 3 is 2.62 bits per heavy atom. The molecule has 1 N–H and O–H groups in total. The lowest BCUT2D eigenvalue weighted by atomic mass is 10.2. The topological polar surface area (TPSA) is 101 Å². The minimum atomic E-state index is -0.497. The van der Waals surface area contributed by atoms with E-state index >= 15 is 0 Å². The SMILES string of the molecule is O=[N+]([O-])c1ccc(N2CCN(C[C@@H](O)Cn3cccn3)CC2)cn1. The fourth-order valence-corrected chi connectivity index (χ4v) is 2.84. The zero-order valence-electron chi connectivity index (χ0n) is 13.2. The second-order valence-corrected chi connectivity index (χ2v) is 5.80. The van der Waals surface area contributed by atoms with Crippen LogP contribution in [-0.4, -0.2) is 68.5 Å². The molecule has 0 unspecified atom stereocenters. The van der Waals surface area contributed by atoms with E-state index in [1.165, 1.54) is 6.07 Å². The third-order valence-corrected chi connectivity index (χ3v) is 4.08. The summed E-state index contributed by atoms with van der Waals surface area (Å²) in [6.45, 7) is 4.34. The molecule has 3 heterocycles. The average molecular weight is 332 g/mol. The number of anilines is 1. The number of aliphatic hydroxyl groups is 1. The molecule has 0 bridgehead atoms. The minimum absolute atomic E-state index is 0.140. The summed E-state index contributed by atoms with van der Waals surface area (Å²) in [5, 5.41) is 24.9. The van der Waals surface area contributed by atoms with Gasteiger partial charge in [-0.3, -0.25) is 9.58 Å². The van der Waals surface area contributed by atoms with E-state index in [-0.39, 0.29) is 5.82 Å². The van der Waals surface area contributed by atoms with E-state index in [1.807, 2.05) is 12.3 Å². The highest BCUT2D eigenvalue weighted by molar-refractivity contribution is 5.46. The molecule has 0 spiro atoms. The highest BCUT2D eigenvalue weighted by Crippen LogP contribution is 2.18. The first-order chi connectivity index (χ1) is 11.6. The number of nitrogens with zero attached hydrogens (tertiary/aromatic N) is 6. The molecule has 2 aromatic rings. The predicted octanol–water partition coefficient (Wildman–Crippen LogP) is 0.369. The van der Waals surface area contributed by atoms with Crippen LogP contribution in [0, 0.1) is 10.1 Å². The highest BCUT2D eigenvalue weighted by atomic mass is 16.6. The molecule has 3 rings (SSSR count). The fraction of sp³-hybridized carbons (Fsp3) is 0.467. The number of aliphatic hydroxyl groups excluding tert-OH is 1. The molecule has 24 heavy (non-hydrogen) atoms. The number of nitro groups is 1. The third-order valence-electron chi connectivity index (χ3n) is 4.08. The zero-order chi connectivity index (χ0) is 16.9. The monoisotopic (exact) mass is 332 g/mol. The summed E-state index contributed by atoms with van der Waals surface area (Å²) >= 11 is 0. The summed E-state index contributed by atoms with van der Waals surface area (Å²) in [5.41, 5.74) is 0.886. The van der Waals surface area contributed by atoms with Gasteiger partial charge in [0.05, 0.1) is 18.3 Å². The lowest BCUT2D eigenvalue weighted by Crippen LogP contribution is -2.49. The number of β-amino-alcohol motifs (C(OH)–C–C–N with tert-alkyl or cyclic N) is 1. The molecule has 9 nitrogen and oxygen atoms in total. The zero-order valence-corrected chi connectivity index (χ0v) is 13.2. The van der Waals surface area contributed by atoms with Crippen LogP contribution in [0.3, 0.4) is 0 Å². The Morgan fingerprint density at radius 1 is 1.25 bits per heavy atom. The molecule has 1 fully saturated rings. The minimum Gasteiger partial charge on any atom is -0.390 e. The van der Waals surface area contributed by atoms with E-state index in [4.69, 9.17) is 0 Å². The Hall–Kier alpha value is -2.52. The van der Waals surface area contributed by atoms with Crippen LogP contribution in [0.4, 0.5) is 11.5 Å². The molecule has 0 radical (unpaired) electrons. The maximum atomic E-state index is 10.6. The van der Waals surface area contributed by atoms with Crippen molar-refractivity contribution in [1.29, 1.82) is 0 Å². The molecule has 0 saturated carbocycles. The Kier molecular flexibility index (Phi) is 5.02. The largest absolute Gasteiger partial charge is 0.390 e. The van der Waals surface area contributed by atoms with Crippen molar-refractivity contribution in [3.63, 3.8) is 0 Å². The molecule has 1 aliphatic rings. The summed E-state index contributed by atoms with van der Waals surface area (Å²) in [7, 11) is 0. The van der Waals surface area contributed by atoms with Crippen LogP contribution in [0.5, 0.6) is 0 Å². The number of piperazine rings is 1. The molecule has 1 atom stereocenters. The Morgan fingerprint density at radius 2 is 2.04 bits per heavy atom. The molecular weight excluding hydrogens is 312 g/mol. The van der Waals surface area contributed by atoms with Gasteiger partial charge in [-0.1, -0.05) is 0 Å². The first-order valence-electron chi connectivity index (χ1n) is 7.85. The molecule has 2 aromatic heterocycles. The van der Waals surface area contributed by atoms with Gasteiger partial charge in [0.25, 0.3) is 0 Å². The number of aromatic nitrogens is 3. The van der Waals surface area contributed by atoms with Crippen molar-refractivity contribution in [2.24, 2.45) is 0 Å². The smallest absolute Gasteiger partial charge is 0.363 e. The van der Waals surface area contributed by atoms with Gasteiger partial charge in [-0.15, -0.1) is 0 Å². The Labute approximate surface area is 139 Å². The van der Waals surface area contributed by atoms with Crippen molar-refractivity contribution in [3.05, 3.63) is 46.9 Å². The van der Waals surface area contributed by atoms with Gasteiger partial charge in [-0.2, -0.15) is 5.10 Å². The quantitative estimate of drug-likeness (QED) is 0.602. The summed E-state index contributed by atoms with van der Waals surface area (Å²) in [6.07, 6.45) is 4.62. The van der Waals surface area contributed by atoms with Gasteiger partial charge in [0, 0.05) is 51.2 Å². The number of rotatable bonds is 6. The lowest BCUT2D eigenvalue weighted by Gasteiger charge is -2.36. The van der Waals surface area contributed by atoms with Crippen LogP contribution in [0.2, 0.25) is 0 Å². The molecule has 9 heteroatoms. The molecule has 0 amide bonds. The van der Waals surface area contributed by atoms with Crippen LogP contribution in [0.25, 0.3) is 0 Å². The Balaban J connectivity index is 1.47. The molecule has 1 aliphatic heterocycles. The molecule has 1 saturated heterocycles. The van der Waals surface area contributed by atoms with Crippen molar-refractivity contribution in [2.45, 2.75) is 12.6 Å². The van der Waals surface area contributed by atoms with Crippen LogP contribution in [0.1, 0.15) is 0 Å². The van der Waals surface area contributed by atoms with Gasteiger partial charge in [0.2, 0.25) is 0 Å². The van der Waals surface area contributed by atoms with Crippen molar-refractivity contribution >= 4 is 11.5 Å². The van der Waals surface area contributed by atoms with E-state index < -0.39 is 11.0 Å². The summed E-state index contributed by atoms with van der Waals surface area (Å²) in [4.78, 5) is 18.4. The maximum Gasteiger partial charge on any atom is 0.363 e. The fourth-order valence-electron chi connectivity index (χ4n) is 2.84. The van der Waals surface area contributed by atoms with Crippen molar-refractivity contribution in [2.75, 3.05) is 37.6 Å². The van der Waals surface area contributed by atoms with Crippen LogP contribution in [-0.2, 0) is 6.54 Å². The number of hydrogen-bond acceptors (Lipinski definition) is 7. The number of pyridine rings is 1. The van der Waals surface area contributed by atoms with Crippen LogP contribution >= 0.6 is 0 Å². The van der Waals surface area contributed by atoms with Gasteiger partial charge < -0.3 is 20.1 Å². The summed E-state index contributed by atoms with van der Waals surface area (Å²) in [6, 6.07) is 4.99. The average Bonchev–Trinajstić information content (AvgIpc) is 3.08. The predicted molar refractivity (Wildman–Crippen MR) is 87.8 cm³/mol. The van der Waals surface area contributed by atoms with Gasteiger partial charge in [0.1, 0.15) is 0 Å². The van der Waals surface area contributed by atoms with Crippen molar-refractivity contribution in [1.82, 2.24) is 19.7 Å². The second-order valence-electron chi connectivity index (χ2n) is 5.80. The van der Waals surface area contributed by atoms with E-state index in [9.17, 15) is 15.2 Å². The normalized spacial score (nSPS) is 17.0. The Bertz CT molecular complexity index is 652. The number of hydrogen-bond donors (Lipinski definition) is 1. The van der Waals surface area contributed by atoms with E-state index in [0.29, 0.717) is 13.1 Å². The summed E-state index contributed by atoms with van der Waals surface area (Å²) in [5.74, 6) is -0.140. The van der Waals surface area contributed by atoms with Gasteiger partial charge >= 0.3 is 5.82 Å². The van der Waals surface area contributed by atoms with Crippen molar-refractivity contribution < 1.29 is 10.0 Å². The van der Waals surface area contributed by atoms with E-state index in [0.717, 1.165) is 31.9 Å². The maximum absolute atomic E-state index is 10.6. The second kappa shape index (κ2) is 7.37. The first-order valence-corrected chi connectivity index (χ1v) is 7.85. The molecule has 0 aromatic carbocycles. The molecule has 0 aliphatic carbocycles. The lowest BCUT2D eigenvalue weighted by molar-refractivity contribution is -0.389. The van der Waals surface area contributed by atoms with Crippen LogP contribution in [0.15, 0.2) is 36.8 Å². The van der Waals surface area contributed by atoms with Gasteiger partial charge in [0.15, 0.2) is 6.20 Å². The van der Waals surface area contributed by atoms with E-state index in [1.54, 1.807) is 23.1 Å². The first kappa shape index (κ1) is 16.3. The standard InChI is InChI=1S/C15H20N6O3/c22-14(12-20-5-1-4-17-20)11-18-6-8-19(9-7-18)13-2-3-15(16-10-13)21(23)24/h1-5,10,14,22H,6-9,11-12H2/t14-/m1/s1. The highest BCUT2D eigenvalue weighted by Gasteiger charge is 2.21. The van der Waals surface area contributed by atoms with Crippen molar-refractivity contribution in [3.8, 4) is 0 Å². The van der Waals surface area contributed by atoms with Gasteiger partial charge in [-0.05, 0) is 22.0 Å².